The monoisotopic (exact) mass is 315 g/mol. The minimum atomic E-state index is 0.0325. The summed E-state index contributed by atoms with van der Waals surface area (Å²) in [5, 5.41) is 10.0. The molecule has 0 aliphatic rings. The first-order valence-electron chi connectivity index (χ1n) is 6.12. The summed E-state index contributed by atoms with van der Waals surface area (Å²) in [6, 6.07) is 3.37. The van der Waals surface area contributed by atoms with E-state index in [1.165, 1.54) is 0 Å². The smallest absolute Gasteiger partial charge is 0.148 e. The number of anilines is 1. The number of aromatic nitrogens is 2. The lowest BCUT2D eigenvalue weighted by Crippen LogP contribution is -2.31. The Morgan fingerprint density at radius 1 is 1.20 bits per heavy atom. The Balaban J connectivity index is 2.35. The molecule has 20 heavy (non-hydrogen) atoms. The zero-order valence-corrected chi connectivity index (χ0v) is 12.5. The molecule has 5 nitrogen and oxygen atoms in total. The largest absolute Gasteiger partial charge is 0.395 e. The van der Waals surface area contributed by atoms with Crippen molar-refractivity contribution in [1.29, 1.82) is 0 Å². The summed E-state index contributed by atoms with van der Waals surface area (Å²) < 4.78 is 5.05. The van der Waals surface area contributed by atoms with Crippen LogP contribution in [0.15, 0.2) is 18.3 Å². The van der Waals surface area contributed by atoms with Crippen LogP contribution in [0.4, 0.5) is 5.82 Å². The fourth-order valence-corrected chi connectivity index (χ4v) is 2.13. The first-order chi connectivity index (χ1) is 9.65. The Morgan fingerprint density at radius 3 is 2.55 bits per heavy atom. The van der Waals surface area contributed by atoms with Gasteiger partial charge in [-0.1, -0.05) is 23.2 Å². The minimum Gasteiger partial charge on any atom is -0.395 e. The van der Waals surface area contributed by atoms with Crippen LogP contribution in [0.2, 0.25) is 10.0 Å². The summed E-state index contributed by atoms with van der Waals surface area (Å²) in [6.45, 7) is 1.66. The number of nitrogens with zero attached hydrogens (tertiary/aromatic N) is 3. The van der Waals surface area contributed by atoms with Crippen molar-refractivity contribution in [2.24, 2.45) is 0 Å². The molecule has 1 heterocycles. The quantitative estimate of drug-likeness (QED) is 0.887. The van der Waals surface area contributed by atoms with Crippen LogP contribution in [0, 0.1) is 0 Å². The summed E-state index contributed by atoms with van der Waals surface area (Å²) in [5.41, 5.74) is 1.34. The maximum Gasteiger partial charge on any atom is 0.148 e. The number of ether oxygens (including phenoxy) is 1. The summed E-state index contributed by atoms with van der Waals surface area (Å²) in [6.07, 6.45) is 1.65. The fourth-order valence-electron chi connectivity index (χ4n) is 1.81. The lowest BCUT2D eigenvalue weighted by Gasteiger charge is -2.22. The number of fused-ring (bicyclic) bond motifs is 1. The van der Waals surface area contributed by atoms with Gasteiger partial charge in [0.2, 0.25) is 0 Å². The molecule has 0 fully saturated rings. The second kappa shape index (κ2) is 7.04. The third-order valence-electron chi connectivity index (χ3n) is 2.83. The average molecular weight is 316 g/mol. The molecule has 0 bridgehead atoms. The number of benzene rings is 1. The molecular formula is C13H15Cl2N3O2. The van der Waals surface area contributed by atoms with Crippen molar-refractivity contribution in [3.8, 4) is 0 Å². The van der Waals surface area contributed by atoms with E-state index in [1.807, 2.05) is 4.90 Å². The third kappa shape index (κ3) is 3.49. The van der Waals surface area contributed by atoms with Gasteiger partial charge in [0.1, 0.15) is 5.82 Å². The van der Waals surface area contributed by atoms with Crippen molar-refractivity contribution in [2.75, 3.05) is 38.3 Å². The highest BCUT2D eigenvalue weighted by Crippen LogP contribution is 2.26. The zero-order valence-electron chi connectivity index (χ0n) is 11.0. The zero-order chi connectivity index (χ0) is 14.5. The van der Waals surface area contributed by atoms with E-state index in [9.17, 15) is 0 Å². The molecule has 0 atom stereocenters. The fraction of sp³-hybridized carbons (Fsp3) is 0.385. The Kier molecular flexibility index (Phi) is 5.37. The van der Waals surface area contributed by atoms with Gasteiger partial charge in [-0.25, -0.2) is 4.98 Å². The first-order valence-corrected chi connectivity index (χ1v) is 6.88. The second-order valence-corrected chi connectivity index (χ2v) is 5.00. The molecule has 2 rings (SSSR count). The van der Waals surface area contributed by atoms with Gasteiger partial charge in [0.05, 0.1) is 40.5 Å². The van der Waals surface area contributed by atoms with Crippen LogP contribution >= 0.6 is 23.2 Å². The molecule has 0 aliphatic heterocycles. The molecule has 0 radical (unpaired) electrons. The van der Waals surface area contributed by atoms with Crippen LogP contribution in [-0.4, -0.2) is 48.5 Å². The van der Waals surface area contributed by atoms with E-state index < -0.39 is 0 Å². The normalized spacial score (nSPS) is 11.0. The minimum absolute atomic E-state index is 0.0325. The lowest BCUT2D eigenvalue weighted by molar-refractivity contribution is 0.202. The van der Waals surface area contributed by atoms with Crippen LogP contribution in [0.25, 0.3) is 11.0 Å². The van der Waals surface area contributed by atoms with Gasteiger partial charge in [0, 0.05) is 20.2 Å². The van der Waals surface area contributed by atoms with E-state index >= 15 is 0 Å². The standard InChI is InChI=1S/C13H15Cl2N3O2/c1-20-5-3-18(2-4-19)13-8-16-11-6-9(14)10(15)7-12(11)17-13/h6-8,19H,2-5H2,1H3. The van der Waals surface area contributed by atoms with Gasteiger partial charge in [-0.3, -0.25) is 4.98 Å². The predicted molar refractivity (Wildman–Crippen MR) is 80.7 cm³/mol. The Labute approximate surface area is 127 Å². The molecule has 7 heteroatoms. The summed E-state index contributed by atoms with van der Waals surface area (Å²) in [5.74, 6) is 0.669. The Morgan fingerprint density at radius 2 is 1.90 bits per heavy atom. The number of halogens is 2. The number of methoxy groups -OCH3 is 1. The van der Waals surface area contributed by atoms with E-state index in [1.54, 1.807) is 25.4 Å². The number of aliphatic hydroxyl groups excluding tert-OH is 1. The molecule has 0 amide bonds. The highest BCUT2D eigenvalue weighted by atomic mass is 35.5. The van der Waals surface area contributed by atoms with Crippen molar-refractivity contribution in [3.63, 3.8) is 0 Å². The molecule has 0 saturated carbocycles. The van der Waals surface area contributed by atoms with Gasteiger partial charge in [-0.15, -0.1) is 0 Å². The predicted octanol–water partition coefficient (Wildman–Crippen LogP) is 2.38. The summed E-state index contributed by atoms with van der Waals surface area (Å²) in [7, 11) is 1.63. The molecular weight excluding hydrogens is 301 g/mol. The maximum atomic E-state index is 9.12. The van der Waals surface area contributed by atoms with E-state index in [0.717, 1.165) is 0 Å². The van der Waals surface area contributed by atoms with Crippen LogP contribution in [-0.2, 0) is 4.74 Å². The van der Waals surface area contributed by atoms with E-state index in [4.69, 9.17) is 33.0 Å². The molecule has 1 aromatic carbocycles. The average Bonchev–Trinajstić information content (AvgIpc) is 2.44. The van der Waals surface area contributed by atoms with Gasteiger partial charge >= 0.3 is 0 Å². The highest BCUT2D eigenvalue weighted by molar-refractivity contribution is 6.42. The molecule has 108 valence electrons. The Bertz CT molecular complexity index is 595. The molecule has 1 aromatic heterocycles. The number of hydrogen-bond acceptors (Lipinski definition) is 5. The van der Waals surface area contributed by atoms with Crippen LogP contribution in [0.1, 0.15) is 0 Å². The highest BCUT2D eigenvalue weighted by Gasteiger charge is 2.10. The van der Waals surface area contributed by atoms with Crippen molar-refractivity contribution < 1.29 is 9.84 Å². The van der Waals surface area contributed by atoms with Gasteiger partial charge in [-0.05, 0) is 12.1 Å². The molecule has 1 N–H and O–H groups in total. The Hall–Kier alpha value is -1.14. The van der Waals surface area contributed by atoms with Gasteiger partial charge in [-0.2, -0.15) is 0 Å². The molecule has 0 aliphatic carbocycles. The SMILES string of the molecule is COCCN(CCO)c1cnc2cc(Cl)c(Cl)cc2n1. The van der Waals surface area contributed by atoms with E-state index in [0.29, 0.717) is 46.6 Å². The number of hydrogen-bond donors (Lipinski definition) is 1. The van der Waals surface area contributed by atoms with Crippen LogP contribution in [0.5, 0.6) is 0 Å². The molecule has 2 aromatic rings. The van der Waals surface area contributed by atoms with Gasteiger partial charge in [0.25, 0.3) is 0 Å². The van der Waals surface area contributed by atoms with Crippen molar-refractivity contribution in [2.45, 2.75) is 0 Å². The van der Waals surface area contributed by atoms with Gasteiger partial charge in [0.15, 0.2) is 0 Å². The van der Waals surface area contributed by atoms with Gasteiger partial charge < -0.3 is 14.7 Å². The molecule has 0 unspecified atom stereocenters. The second-order valence-electron chi connectivity index (χ2n) is 4.19. The van der Waals surface area contributed by atoms with E-state index in [-0.39, 0.29) is 6.61 Å². The number of aliphatic hydroxyl groups is 1. The first kappa shape index (κ1) is 15.3. The molecule has 0 spiro atoms. The topological polar surface area (TPSA) is 58.5 Å². The summed E-state index contributed by atoms with van der Waals surface area (Å²) in [4.78, 5) is 10.7. The molecule has 0 saturated heterocycles. The van der Waals surface area contributed by atoms with Crippen LogP contribution < -0.4 is 4.90 Å². The van der Waals surface area contributed by atoms with Crippen LogP contribution in [0.3, 0.4) is 0 Å². The van der Waals surface area contributed by atoms with Crippen molar-refractivity contribution in [3.05, 3.63) is 28.4 Å². The van der Waals surface area contributed by atoms with Crippen molar-refractivity contribution >= 4 is 40.1 Å². The van der Waals surface area contributed by atoms with E-state index in [2.05, 4.69) is 9.97 Å². The van der Waals surface area contributed by atoms with Crippen molar-refractivity contribution in [1.82, 2.24) is 9.97 Å². The lowest BCUT2D eigenvalue weighted by atomic mass is 10.3. The maximum absolute atomic E-state index is 9.12. The third-order valence-corrected chi connectivity index (χ3v) is 3.55. The summed E-state index contributed by atoms with van der Waals surface area (Å²) >= 11 is 11.9. The number of rotatable bonds is 6.